The Morgan fingerprint density at radius 3 is 1.05 bits per heavy atom. The van der Waals surface area contributed by atoms with Gasteiger partial charge in [0.15, 0.2) is 70.4 Å². The largest absolute Gasteiger partial charge is 0.462 e. The van der Waals surface area contributed by atoms with Crippen molar-refractivity contribution in [1.29, 1.82) is 0 Å². The molecule has 0 amide bonds. The summed E-state index contributed by atoms with van der Waals surface area (Å²) in [6.45, 7) is 20.3. The predicted octanol–water partition coefficient (Wildman–Crippen LogP) is 12.4. The summed E-state index contributed by atoms with van der Waals surface area (Å²) in [5.41, 5.74) is 34.4. The highest BCUT2D eigenvalue weighted by Crippen LogP contribution is 2.52. The number of rotatable bonds is 46. The van der Waals surface area contributed by atoms with Gasteiger partial charge in [-0.15, -0.1) is 0 Å². The molecule has 3 atom stereocenters. The number of carbonyl (C=O) groups is 2. The van der Waals surface area contributed by atoms with Crippen LogP contribution in [0.2, 0.25) is 0 Å². The van der Waals surface area contributed by atoms with Crippen LogP contribution in [0.5, 0.6) is 24.0 Å². The number of aromatic amines is 3. The molecule has 0 bridgehead atoms. The average molecular weight is 2060 g/mol. The fraction of sp³-hybridized carbons (Fsp3) is 0.439. The van der Waals surface area contributed by atoms with E-state index in [1.165, 1.54) is 0 Å². The van der Waals surface area contributed by atoms with Crippen LogP contribution in [-0.2, 0) is 121 Å². The number of nitrogens with one attached hydrogen (secondary N) is 5. The molecule has 1 unspecified atom stereocenters. The van der Waals surface area contributed by atoms with Gasteiger partial charge in [0.2, 0.25) is 7.44 Å². The Morgan fingerprint density at radius 1 is 0.418 bits per heavy atom. The smallest absolute Gasteiger partial charge is 0.335 e. The van der Waals surface area contributed by atoms with E-state index in [1.807, 2.05) is 77.4 Å². The lowest BCUT2D eigenvalue weighted by molar-refractivity contribution is -0.149. The zero-order chi connectivity index (χ0) is 97.8. The van der Waals surface area contributed by atoms with Crippen molar-refractivity contribution in [3.05, 3.63) is 161 Å². The van der Waals surface area contributed by atoms with Gasteiger partial charge in [-0.3, -0.25) is 46.1 Å². The van der Waals surface area contributed by atoms with Crippen LogP contribution in [0.25, 0.3) is 44.7 Å². The zero-order valence-corrected chi connectivity index (χ0v) is 83.7. The summed E-state index contributed by atoms with van der Waals surface area (Å²) in [6, 6.07) is 28.1. The summed E-state index contributed by atoms with van der Waals surface area (Å²) in [6.07, 6.45) is -0.916. The van der Waals surface area contributed by atoms with Gasteiger partial charge < -0.3 is 114 Å². The number of methoxy groups -OCH3 is 4. The van der Waals surface area contributed by atoms with Gasteiger partial charge in [-0.25, -0.2) is 15.2 Å². The van der Waals surface area contributed by atoms with E-state index < -0.39 is 54.3 Å². The van der Waals surface area contributed by atoms with Crippen LogP contribution < -0.4 is 52.1 Å². The molecule has 4 aromatic carbocycles. The minimum Gasteiger partial charge on any atom is -0.462 e. The molecule has 0 spiro atoms. The molecule has 44 nitrogen and oxygen atoms in total. The molecule has 0 radical (unpaired) electrons. The van der Waals surface area contributed by atoms with Crippen LogP contribution >= 0.6 is 82.8 Å². The third-order valence-corrected chi connectivity index (χ3v) is 26.8. The molecule has 0 aliphatic rings. The number of anilines is 4. The van der Waals surface area contributed by atoms with Crippen LogP contribution in [0.15, 0.2) is 102 Å². The fourth-order valence-corrected chi connectivity index (χ4v) is 20.2. The van der Waals surface area contributed by atoms with Gasteiger partial charge >= 0.3 is 58.8 Å². The Kier molecular flexibility index (Phi) is 40.7. The first-order chi connectivity index (χ1) is 63.7. The van der Waals surface area contributed by atoms with Crippen molar-refractivity contribution in [3.8, 4) is 24.0 Å². The van der Waals surface area contributed by atoms with Gasteiger partial charge in [0.1, 0.15) is 55.1 Å². The Bertz CT molecular complexity index is 6350. The number of carbonyl (C=O) groups excluding carboxylic acids is 2. The SMILES string of the molecule is CCOP(=O)(Cc1cccc(Cn2c(Br)nc3c(N)nc(OCCOC)nc32)c1)OCC.CCOP(=O)(O)Cc1cccc(Cn2c(=S)[nH]c3c(N)nc(OCCOC)nc32)c1.COCCOc1nc(N)c2[nH]c(=S)n(Cc3cccc(CP(=O)(N[C@@H](C)C(=O)OC(C)C)N[C@@H](C)C(=O)OC(C)C)c3)c2n1.COCCOc1nc(N)c2[nH]c(=S)n(Cc3cccc(CP(=O)(O)O)c3)c2n1. The second-order valence-electron chi connectivity index (χ2n) is 30.2. The number of hydrogen-bond acceptors (Lipinski definition) is 35. The van der Waals surface area contributed by atoms with Crippen molar-refractivity contribution in [2.45, 2.75) is 137 Å². The third kappa shape index (κ3) is 32.1. The van der Waals surface area contributed by atoms with Crippen molar-refractivity contribution < 1.29 is 103 Å². The number of ether oxygens (including phenoxy) is 10. The Balaban J connectivity index is 0.000000204. The van der Waals surface area contributed by atoms with Gasteiger partial charge in [-0.2, -0.15) is 39.9 Å². The van der Waals surface area contributed by atoms with E-state index in [9.17, 15) is 42.5 Å². The van der Waals surface area contributed by atoms with E-state index in [0.29, 0.717) is 153 Å². The second-order valence-corrected chi connectivity index (χ2v) is 39.9. The van der Waals surface area contributed by atoms with E-state index in [1.54, 1.807) is 129 Å². The highest BCUT2D eigenvalue weighted by atomic mass is 79.9. The quantitative estimate of drug-likeness (QED) is 0.00554. The number of esters is 2. The average Bonchev–Trinajstić information content (AvgIpc) is 1.65. The number of nitrogens with zero attached hydrogens (tertiary/aromatic N) is 13. The molecule has 12 aromatic rings. The van der Waals surface area contributed by atoms with Crippen LogP contribution in [0.3, 0.4) is 0 Å². The monoisotopic (exact) mass is 2060 g/mol. The predicted molar refractivity (Wildman–Crippen MR) is 515 cm³/mol. The fourth-order valence-electron chi connectivity index (χ4n) is 13.1. The lowest BCUT2D eigenvalue weighted by Crippen LogP contribution is -2.42. The Hall–Kier alpha value is -10.0. The number of hydrogen-bond donors (Lipinski definition) is 12. The normalized spacial score (nSPS) is 12.7. The molecule has 16 N–H and O–H groups in total. The maximum Gasteiger partial charge on any atom is 0.335 e. The van der Waals surface area contributed by atoms with Crippen LogP contribution in [0, 0.1) is 14.3 Å². The molecule has 134 heavy (non-hydrogen) atoms. The van der Waals surface area contributed by atoms with Crippen molar-refractivity contribution in [3.63, 3.8) is 0 Å². The van der Waals surface area contributed by atoms with E-state index in [0.717, 1.165) is 27.8 Å². The van der Waals surface area contributed by atoms with Crippen molar-refractivity contribution in [1.82, 2.24) is 88.3 Å². The Labute approximate surface area is 795 Å². The molecule has 728 valence electrons. The molecule has 0 aliphatic carbocycles. The highest BCUT2D eigenvalue weighted by molar-refractivity contribution is 9.10. The van der Waals surface area contributed by atoms with E-state index >= 15 is 0 Å². The number of aromatic nitrogens is 16. The van der Waals surface area contributed by atoms with Crippen LogP contribution in [0.1, 0.15) is 107 Å². The lowest BCUT2D eigenvalue weighted by Gasteiger charge is -2.27. The highest BCUT2D eigenvalue weighted by Gasteiger charge is 2.34. The van der Waals surface area contributed by atoms with Crippen molar-refractivity contribution >= 4 is 163 Å². The number of fused-ring (bicyclic) bond motifs is 4. The summed E-state index contributed by atoms with van der Waals surface area (Å²) in [7, 11) is -8.36. The minimum absolute atomic E-state index is 0.0225. The summed E-state index contributed by atoms with van der Waals surface area (Å²) >= 11 is 19.9. The summed E-state index contributed by atoms with van der Waals surface area (Å²) in [5.74, 6) is -0.275. The number of benzene rings is 4. The maximum atomic E-state index is 14.3. The first-order valence-electron chi connectivity index (χ1n) is 41.9. The van der Waals surface area contributed by atoms with Gasteiger partial charge in [-0.05, 0) is 159 Å². The molecular weight excluding hydrogens is 1950 g/mol. The van der Waals surface area contributed by atoms with Crippen LogP contribution in [0.4, 0.5) is 23.3 Å². The molecule has 0 saturated heterocycles. The molecule has 0 aliphatic heterocycles. The Morgan fingerprint density at radius 2 is 0.724 bits per heavy atom. The van der Waals surface area contributed by atoms with E-state index in [4.69, 9.17) is 121 Å². The minimum atomic E-state index is -4.15. The molecular formula is C82H113BrN22O22P4S3. The van der Waals surface area contributed by atoms with Gasteiger partial charge in [-0.1, -0.05) is 97.1 Å². The van der Waals surface area contributed by atoms with Crippen molar-refractivity contribution in [2.75, 3.05) is 124 Å². The number of halogens is 1. The van der Waals surface area contributed by atoms with Gasteiger partial charge in [0.05, 0.1) is 109 Å². The van der Waals surface area contributed by atoms with Crippen molar-refractivity contribution in [2.24, 2.45) is 0 Å². The van der Waals surface area contributed by atoms with Crippen LogP contribution in [-0.4, -0.2) is 230 Å². The first-order valence-corrected chi connectivity index (χ1v) is 51.1. The molecule has 12 rings (SSSR count). The number of imidazole rings is 4. The summed E-state index contributed by atoms with van der Waals surface area (Å²) < 4.78 is 128. The molecule has 0 fully saturated rings. The molecule has 0 saturated carbocycles. The third-order valence-electron chi connectivity index (χ3n) is 18.6. The van der Waals surface area contributed by atoms with E-state index in [2.05, 4.69) is 85.9 Å². The number of H-pyrrole nitrogens is 3. The maximum absolute atomic E-state index is 14.3. The first kappa shape index (κ1) is 108. The lowest BCUT2D eigenvalue weighted by atomic mass is 10.1. The topological polar surface area (TPSA) is 594 Å². The standard InChI is InChI=1S/C28H42N7O7PS.C20H27BrN5O5P.C18H24N5O5PS.C16H20N5O5PS/c1-16(2)41-25(36)18(5)33-43(38,34-19(6)26(37)42-17(3)4)15-21-10-8-9-20(13-21)14-35-24-22(30-28(35)44)23(29)31-27(32-24)40-12-11-39-7;1-4-30-32(27,31-5-2)13-15-8-6-7-14(11-15)12-26-18-16(23-19(26)21)17(22)24-20(25-18)29-10-9-28-3;1-3-28-29(24,25)11-13-6-4-5-12(9-13)10-23-16-14(20-18(23)30)15(19)21-17(22-16)27-8-7-26-2;1-25-5-6-26-15-19-13(17)12-14(20-15)21(16(28)18-12)8-10-3-2-4-11(7-10)9-27(22,23)24/h8-10,13,16-19H,11-12,14-15H2,1-7H3,(H,30,44)(H2,29,31,32)(H2,33,34,38);6-8,11H,4-5,9-10,12-13H2,1-3H3,(H2,22,24,25);4-6,9H,3,7-8,10-11H2,1-2H3,(H,20,30)(H,24,25)(H2,19,21,22);2-4,7H,5-6,8-9H2,1H3,(H,18,28)(H2,17,19,20)(H2,22,23,24)/t18-,19-;;;/m0.../s1. The summed E-state index contributed by atoms with van der Waals surface area (Å²) in [5, 5.41) is 5.80. The molecule has 52 heteroatoms. The summed E-state index contributed by atoms with van der Waals surface area (Å²) in [4.78, 5) is 101. The van der Waals surface area contributed by atoms with E-state index in [-0.39, 0.29) is 111 Å². The van der Waals surface area contributed by atoms with Gasteiger partial charge in [0, 0.05) is 28.4 Å². The zero-order valence-electron chi connectivity index (χ0n) is 76.1. The van der Waals surface area contributed by atoms with Gasteiger partial charge in [0.25, 0.3) is 0 Å². The second kappa shape index (κ2) is 50.7. The molecule has 8 aromatic heterocycles. The molecule has 8 heterocycles. The number of nitrogens with two attached hydrogens (primary N) is 4. The number of nitrogen functional groups attached to an aromatic ring is 4.